The molecule has 1 fully saturated rings. The molecule has 1 heterocycles. The number of benzene rings is 2. The van der Waals surface area contributed by atoms with Crippen molar-refractivity contribution in [3.8, 4) is 0 Å². The molecular formula is C20H20BrNO2. The zero-order valence-electron chi connectivity index (χ0n) is 13.5. The van der Waals surface area contributed by atoms with Crippen LogP contribution in [0.25, 0.3) is 0 Å². The Morgan fingerprint density at radius 3 is 2.54 bits per heavy atom. The SMILES string of the molecule is C=CC[C@]1(c2ccccc2)CN(CCc2ccc(Br)cc2)C(=O)O1. The summed E-state index contributed by atoms with van der Waals surface area (Å²) in [6.45, 7) is 5.03. The molecule has 2 aromatic carbocycles. The molecule has 0 saturated carbocycles. The van der Waals surface area contributed by atoms with Gasteiger partial charge in [0.15, 0.2) is 5.60 Å². The monoisotopic (exact) mass is 385 g/mol. The maximum absolute atomic E-state index is 12.4. The Kier molecular flexibility index (Phi) is 5.05. The van der Waals surface area contributed by atoms with Gasteiger partial charge in [-0.15, -0.1) is 6.58 Å². The number of rotatable bonds is 6. The number of hydrogen-bond donors (Lipinski definition) is 0. The molecular weight excluding hydrogens is 366 g/mol. The predicted octanol–water partition coefficient (Wildman–Crippen LogP) is 4.92. The molecule has 4 heteroatoms. The number of amides is 1. The molecule has 2 aromatic rings. The molecule has 0 spiro atoms. The van der Waals surface area contributed by atoms with Gasteiger partial charge in [0, 0.05) is 17.4 Å². The lowest BCUT2D eigenvalue weighted by atomic mass is 9.90. The summed E-state index contributed by atoms with van der Waals surface area (Å²) in [5, 5.41) is 0. The maximum atomic E-state index is 12.4. The Hall–Kier alpha value is -2.07. The third-order valence-electron chi connectivity index (χ3n) is 4.34. The van der Waals surface area contributed by atoms with E-state index in [1.54, 1.807) is 4.90 Å². The van der Waals surface area contributed by atoms with E-state index in [0.717, 1.165) is 16.5 Å². The number of cyclic esters (lactones) is 1. The van der Waals surface area contributed by atoms with Gasteiger partial charge in [-0.2, -0.15) is 0 Å². The Labute approximate surface area is 151 Å². The molecule has 24 heavy (non-hydrogen) atoms. The van der Waals surface area contributed by atoms with Crippen molar-refractivity contribution in [2.75, 3.05) is 13.1 Å². The predicted molar refractivity (Wildman–Crippen MR) is 98.8 cm³/mol. The van der Waals surface area contributed by atoms with Gasteiger partial charge in [-0.1, -0.05) is 64.5 Å². The minimum absolute atomic E-state index is 0.252. The van der Waals surface area contributed by atoms with Gasteiger partial charge in [0.2, 0.25) is 0 Å². The van der Waals surface area contributed by atoms with Crippen LogP contribution >= 0.6 is 15.9 Å². The Balaban J connectivity index is 1.73. The largest absolute Gasteiger partial charge is 0.436 e. The van der Waals surface area contributed by atoms with Crippen molar-refractivity contribution in [2.24, 2.45) is 0 Å². The van der Waals surface area contributed by atoms with Crippen molar-refractivity contribution >= 4 is 22.0 Å². The van der Waals surface area contributed by atoms with E-state index in [4.69, 9.17) is 4.74 Å². The van der Waals surface area contributed by atoms with Crippen molar-refractivity contribution in [2.45, 2.75) is 18.4 Å². The number of ether oxygens (including phenoxy) is 1. The van der Waals surface area contributed by atoms with E-state index < -0.39 is 5.60 Å². The summed E-state index contributed by atoms with van der Waals surface area (Å²) in [6.07, 6.45) is 2.98. The Morgan fingerprint density at radius 1 is 1.17 bits per heavy atom. The normalized spacial score (nSPS) is 20.0. The summed E-state index contributed by atoms with van der Waals surface area (Å²) < 4.78 is 6.86. The van der Waals surface area contributed by atoms with E-state index >= 15 is 0 Å². The first kappa shape index (κ1) is 16.8. The van der Waals surface area contributed by atoms with Crippen LogP contribution in [-0.4, -0.2) is 24.1 Å². The minimum Gasteiger partial charge on any atom is -0.436 e. The van der Waals surface area contributed by atoms with E-state index in [0.29, 0.717) is 19.5 Å². The van der Waals surface area contributed by atoms with Crippen LogP contribution < -0.4 is 0 Å². The highest BCUT2D eigenvalue weighted by Crippen LogP contribution is 2.36. The second-order valence-electron chi connectivity index (χ2n) is 6.02. The number of hydrogen-bond acceptors (Lipinski definition) is 2. The van der Waals surface area contributed by atoms with Crippen LogP contribution in [0.1, 0.15) is 17.5 Å². The van der Waals surface area contributed by atoms with Crippen molar-refractivity contribution < 1.29 is 9.53 Å². The second kappa shape index (κ2) is 7.22. The first-order valence-corrected chi connectivity index (χ1v) is 8.81. The van der Waals surface area contributed by atoms with Gasteiger partial charge in [0.05, 0.1) is 6.54 Å². The zero-order chi connectivity index (χ0) is 17.0. The van der Waals surface area contributed by atoms with Crippen LogP contribution in [0.2, 0.25) is 0 Å². The molecule has 0 N–H and O–H groups in total. The Morgan fingerprint density at radius 2 is 1.88 bits per heavy atom. The molecule has 3 rings (SSSR count). The third-order valence-corrected chi connectivity index (χ3v) is 4.87. The molecule has 0 unspecified atom stereocenters. The molecule has 1 aliphatic heterocycles. The lowest BCUT2D eigenvalue weighted by Crippen LogP contribution is -2.32. The summed E-state index contributed by atoms with van der Waals surface area (Å²) in [5.74, 6) is 0. The van der Waals surface area contributed by atoms with Gasteiger partial charge in [-0.05, 0) is 29.7 Å². The molecule has 1 saturated heterocycles. The summed E-state index contributed by atoms with van der Waals surface area (Å²) in [5.41, 5.74) is 1.59. The number of halogens is 1. The standard InChI is InChI=1S/C20H20BrNO2/c1-2-13-20(17-6-4-3-5-7-17)15-22(19(23)24-20)14-12-16-8-10-18(21)11-9-16/h2-11H,1,12-15H2/t20-/m1/s1. The summed E-state index contributed by atoms with van der Waals surface area (Å²) in [7, 11) is 0. The van der Waals surface area contributed by atoms with Crippen molar-refractivity contribution in [3.63, 3.8) is 0 Å². The summed E-state index contributed by atoms with van der Waals surface area (Å²) in [6, 6.07) is 18.1. The molecule has 0 aromatic heterocycles. The number of nitrogens with zero attached hydrogens (tertiary/aromatic N) is 1. The summed E-state index contributed by atoms with van der Waals surface area (Å²) in [4.78, 5) is 14.2. The molecule has 1 amide bonds. The molecule has 3 nitrogen and oxygen atoms in total. The van der Waals surface area contributed by atoms with Crippen molar-refractivity contribution in [3.05, 3.63) is 82.9 Å². The van der Waals surface area contributed by atoms with E-state index in [1.807, 2.05) is 48.5 Å². The highest BCUT2D eigenvalue weighted by Gasteiger charge is 2.45. The molecule has 124 valence electrons. The van der Waals surface area contributed by atoms with Crippen LogP contribution in [-0.2, 0) is 16.8 Å². The zero-order valence-corrected chi connectivity index (χ0v) is 15.0. The van der Waals surface area contributed by atoms with E-state index in [-0.39, 0.29) is 6.09 Å². The lowest BCUT2D eigenvalue weighted by molar-refractivity contribution is 0.0569. The van der Waals surface area contributed by atoms with Crippen molar-refractivity contribution in [1.29, 1.82) is 0 Å². The smallest absolute Gasteiger partial charge is 0.410 e. The average molecular weight is 386 g/mol. The quantitative estimate of drug-likeness (QED) is 0.660. The highest BCUT2D eigenvalue weighted by atomic mass is 79.9. The minimum atomic E-state index is -0.625. The van der Waals surface area contributed by atoms with Crippen LogP contribution in [0.15, 0.2) is 71.7 Å². The first-order valence-electron chi connectivity index (χ1n) is 8.02. The van der Waals surface area contributed by atoms with Gasteiger partial charge >= 0.3 is 6.09 Å². The van der Waals surface area contributed by atoms with Crippen LogP contribution in [0.4, 0.5) is 4.79 Å². The molecule has 0 aliphatic carbocycles. The number of carbonyl (C=O) groups is 1. The fourth-order valence-corrected chi connectivity index (χ4v) is 3.34. The topological polar surface area (TPSA) is 29.5 Å². The fourth-order valence-electron chi connectivity index (χ4n) is 3.07. The van der Waals surface area contributed by atoms with Gasteiger partial charge in [0.25, 0.3) is 0 Å². The van der Waals surface area contributed by atoms with Gasteiger partial charge in [-0.3, -0.25) is 0 Å². The average Bonchev–Trinajstić information content (AvgIpc) is 2.92. The van der Waals surface area contributed by atoms with Crippen LogP contribution in [0.3, 0.4) is 0 Å². The highest BCUT2D eigenvalue weighted by molar-refractivity contribution is 9.10. The number of carbonyl (C=O) groups excluding carboxylic acids is 1. The third kappa shape index (κ3) is 3.54. The lowest BCUT2D eigenvalue weighted by Gasteiger charge is -2.26. The maximum Gasteiger partial charge on any atom is 0.410 e. The molecule has 0 radical (unpaired) electrons. The van der Waals surface area contributed by atoms with Gasteiger partial charge in [-0.25, -0.2) is 4.79 Å². The molecule has 1 atom stereocenters. The van der Waals surface area contributed by atoms with E-state index in [1.165, 1.54) is 5.56 Å². The Bertz CT molecular complexity index is 714. The first-order chi connectivity index (χ1) is 11.6. The molecule has 1 aliphatic rings. The van der Waals surface area contributed by atoms with Gasteiger partial charge < -0.3 is 9.64 Å². The van der Waals surface area contributed by atoms with E-state index in [2.05, 4.69) is 34.6 Å². The fraction of sp³-hybridized carbons (Fsp3) is 0.250. The second-order valence-corrected chi connectivity index (χ2v) is 6.93. The summed E-state index contributed by atoms with van der Waals surface area (Å²) >= 11 is 3.44. The van der Waals surface area contributed by atoms with E-state index in [9.17, 15) is 4.79 Å². The van der Waals surface area contributed by atoms with Crippen LogP contribution in [0.5, 0.6) is 0 Å². The van der Waals surface area contributed by atoms with Crippen molar-refractivity contribution in [1.82, 2.24) is 4.90 Å². The van der Waals surface area contributed by atoms with Crippen LogP contribution in [0, 0.1) is 0 Å². The molecule has 0 bridgehead atoms. The van der Waals surface area contributed by atoms with Gasteiger partial charge in [0.1, 0.15) is 0 Å².